The highest BCUT2D eigenvalue weighted by atomic mass is 32.1. The molecule has 3 aromatic rings. The fraction of sp³-hybridized carbons (Fsp3) is 0.125. The van der Waals surface area contributed by atoms with E-state index in [2.05, 4.69) is 4.98 Å². The summed E-state index contributed by atoms with van der Waals surface area (Å²) in [4.78, 5) is 15.8. The van der Waals surface area contributed by atoms with Gasteiger partial charge in [-0.3, -0.25) is 0 Å². The summed E-state index contributed by atoms with van der Waals surface area (Å²) < 4.78 is 1.72. The number of aryl methyl sites for hydroxylation is 1. The Morgan fingerprint density at radius 1 is 1.33 bits per heavy atom. The van der Waals surface area contributed by atoms with Crippen LogP contribution in [-0.2, 0) is 6.54 Å². The molecule has 0 aliphatic carbocycles. The molecule has 0 bridgehead atoms. The molecule has 0 aliphatic heterocycles. The highest BCUT2D eigenvalue weighted by Crippen LogP contribution is 2.24. The highest BCUT2D eigenvalue weighted by Gasteiger charge is 2.12. The molecule has 106 valence electrons. The Balaban J connectivity index is 1.87. The summed E-state index contributed by atoms with van der Waals surface area (Å²) in [6.45, 7) is 2.36. The standard InChI is InChI=1S/C16H14N2O2S/c1-11-7-14(16(19)20)18(8-11)9-13-10-21-15(17-13)12-5-3-2-4-6-12/h2-8,10H,9H2,1H3,(H,19,20). The summed E-state index contributed by atoms with van der Waals surface area (Å²) in [6.07, 6.45) is 1.84. The number of carboxylic acid groups (broad SMARTS) is 1. The monoisotopic (exact) mass is 298 g/mol. The van der Waals surface area contributed by atoms with Gasteiger partial charge in [-0.2, -0.15) is 0 Å². The zero-order valence-corrected chi connectivity index (χ0v) is 12.3. The quantitative estimate of drug-likeness (QED) is 0.799. The molecule has 0 amide bonds. The van der Waals surface area contributed by atoms with E-state index in [1.165, 1.54) is 0 Å². The predicted octanol–water partition coefficient (Wildman–Crippen LogP) is 3.67. The third kappa shape index (κ3) is 2.87. The van der Waals surface area contributed by atoms with Gasteiger partial charge in [0.1, 0.15) is 10.7 Å². The summed E-state index contributed by atoms with van der Waals surface area (Å²) in [5, 5.41) is 12.1. The van der Waals surface area contributed by atoms with Crippen LogP contribution in [0.3, 0.4) is 0 Å². The molecule has 0 aliphatic rings. The first-order valence-electron chi connectivity index (χ1n) is 6.53. The summed E-state index contributed by atoms with van der Waals surface area (Å²) in [5.74, 6) is -0.915. The van der Waals surface area contributed by atoms with Crippen LogP contribution in [0.4, 0.5) is 0 Å². The van der Waals surface area contributed by atoms with E-state index in [0.717, 1.165) is 21.8 Å². The molecule has 5 heteroatoms. The first kappa shape index (κ1) is 13.6. The van der Waals surface area contributed by atoms with Crippen LogP contribution >= 0.6 is 11.3 Å². The van der Waals surface area contributed by atoms with Crippen LogP contribution in [0.1, 0.15) is 21.7 Å². The third-order valence-electron chi connectivity index (χ3n) is 3.16. The van der Waals surface area contributed by atoms with Gasteiger partial charge in [0.2, 0.25) is 0 Å². The Hall–Kier alpha value is -2.40. The normalized spacial score (nSPS) is 10.7. The lowest BCUT2D eigenvalue weighted by molar-refractivity contribution is 0.0685. The second kappa shape index (κ2) is 5.54. The van der Waals surface area contributed by atoms with E-state index in [-0.39, 0.29) is 0 Å². The molecule has 0 unspecified atom stereocenters. The van der Waals surface area contributed by atoms with Crippen molar-refractivity contribution in [1.29, 1.82) is 0 Å². The minimum absolute atomic E-state index is 0.293. The summed E-state index contributed by atoms with van der Waals surface area (Å²) >= 11 is 1.57. The number of benzene rings is 1. The van der Waals surface area contributed by atoms with Crippen LogP contribution < -0.4 is 0 Å². The molecule has 0 saturated carbocycles. The van der Waals surface area contributed by atoms with Crippen molar-refractivity contribution in [3.63, 3.8) is 0 Å². The Bertz CT molecular complexity index is 775. The minimum Gasteiger partial charge on any atom is -0.477 e. The van der Waals surface area contributed by atoms with E-state index in [4.69, 9.17) is 0 Å². The lowest BCUT2D eigenvalue weighted by atomic mass is 10.2. The number of carboxylic acids is 1. The van der Waals surface area contributed by atoms with Crippen molar-refractivity contribution in [2.24, 2.45) is 0 Å². The molecule has 21 heavy (non-hydrogen) atoms. The van der Waals surface area contributed by atoms with Crippen LogP contribution in [0, 0.1) is 6.92 Å². The molecule has 0 fully saturated rings. The first-order chi connectivity index (χ1) is 10.1. The Morgan fingerprint density at radius 2 is 2.10 bits per heavy atom. The van der Waals surface area contributed by atoms with E-state index in [1.54, 1.807) is 22.0 Å². The Kier molecular flexibility index (Phi) is 3.58. The van der Waals surface area contributed by atoms with Gasteiger partial charge in [-0.15, -0.1) is 11.3 Å². The van der Waals surface area contributed by atoms with Gasteiger partial charge in [0.15, 0.2) is 0 Å². The van der Waals surface area contributed by atoms with Crippen LogP contribution in [0.2, 0.25) is 0 Å². The van der Waals surface area contributed by atoms with Crippen molar-refractivity contribution < 1.29 is 9.90 Å². The molecule has 1 N–H and O–H groups in total. The van der Waals surface area contributed by atoms with Crippen LogP contribution in [0.25, 0.3) is 10.6 Å². The van der Waals surface area contributed by atoms with Gasteiger partial charge < -0.3 is 9.67 Å². The number of aromatic nitrogens is 2. The zero-order valence-electron chi connectivity index (χ0n) is 11.5. The number of nitrogens with zero attached hydrogens (tertiary/aromatic N) is 2. The minimum atomic E-state index is -0.915. The summed E-state index contributed by atoms with van der Waals surface area (Å²) in [7, 11) is 0. The number of hydrogen-bond donors (Lipinski definition) is 1. The average Bonchev–Trinajstić information content (AvgIpc) is 3.07. The molecule has 0 atom stereocenters. The lowest BCUT2D eigenvalue weighted by Gasteiger charge is -2.03. The molecule has 2 heterocycles. The van der Waals surface area contributed by atoms with Crippen molar-refractivity contribution in [3.05, 3.63) is 64.9 Å². The maximum absolute atomic E-state index is 11.2. The van der Waals surface area contributed by atoms with Crippen LogP contribution in [0.15, 0.2) is 48.0 Å². The van der Waals surface area contributed by atoms with E-state index in [0.29, 0.717) is 12.2 Å². The molecule has 1 aromatic carbocycles. The summed E-state index contributed by atoms with van der Waals surface area (Å²) in [5.41, 5.74) is 3.18. The topological polar surface area (TPSA) is 55.1 Å². The van der Waals surface area contributed by atoms with Gasteiger partial charge in [0.25, 0.3) is 0 Å². The Morgan fingerprint density at radius 3 is 2.81 bits per heavy atom. The largest absolute Gasteiger partial charge is 0.477 e. The Labute approximate surface area is 126 Å². The molecule has 3 rings (SSSR count). The number of carbonyl (C=O) groups is 1. The van der Waals surface area contributed by atoms with Gasteiger partial charge >= 0.3 is 5.97 Å². The number of hydrogen-bond acceptors (Lipinski definition) is 3. The van der Waals surface area contributed by atoms with E-state index < -0.39 is 5.97 Å². The fourth-order valence-electron chi connectivity index (χ4n) is 2.23. The van der Waals surface area contributed by atoms with Gasteiger partial charge in [0.05, 0.1) is 12.2 Å². The predicted molar refractivity (Wildman–Crippen MR) is 82.8 cm³/mol. The maximum atomic E-state index is 11.2. The average molecular weight is 298 g/mol. The highest BCUT2D eigenvalue weighted by molar-refractivity contribution is 7.13. The van der Waals surface area contributed by atoms with E-state index in [9.17, 15) is 9.90 Å². The summed E-state index contributed by atoms with van der Waals surface area (Å²) in [6, 6.07) is 11.6. The first-order valence-corrected chi connectivity index (χ1v) is 7.41. The lowest BCUT2D eigenvalue weighted by Crippen LogP contribution is -2.08. The molecular weight excluding hydrogens is 284 g/mol. The smallest absolute Gasteiger partial charge is 0.352 e. The molecule has 0 spiro atoms. The number of thiazole rings is 1. The van der Waals surface area contributed by atoms with Crippen LogP contribution in [0.5, 0.6) is 0 Å². The van der Waals surface area contributed by atoms with Crippen molar-refractivity contribution in [2.75, 3.05) is 0 Å². The van der Waals surface area contributed by atoms with Crippen molar-refractivity contribution in [1.82, 2.24) is 9.55 Å². The number of aromatic carboxylic acids is 1. The van der Waals surface area contributed by atoms with Gasteiger partial charge in [-0.05, 0) is 18.6 Å². The maximum Gasteiger partial charge on any atom is 0.352 e. The van der Waals surface area contributed by atoms with Gasteiger partial charge in [-0.25, -0.2) is 9.78 Å². The molecular formula is C16H14N2O2S. The molecule has 0 radical (unpaired) electrons. The zero-order chi connectivity index (χ0) is 14.8. The van der Waals surface area contributed by atoms with Crippen molar-refractivity contribution >= 4 is 17.3 Å². The second-order valence-corrected chi connectivity index (χ2v) is 5.70. The van der Waals surface area contributed by atoms with Crippen molar-refractivity contribution in [2.45, 2.75) is 13.5 Å². The van der Waals surface area contributed by atoms with Crippen molar-refractivity contribution in [3.8, 4) is 10.6 Å². The molecule has 0 saturated heterocycles. The van der Waals surface area contributed by atoms with Gasteiger partial charge in [-0.1, -0.05) is 30.3 Å². The molecule has 2 aromatic heterocycles. The SMILES string of the molecule is Cc1cc(C(=O)O)n(Cc2csc(-c3ccccc3)n2)c1. The fourth-order valence-corrected chi connectivity index (χ4v) is 3.05. The van der Waals surface area contributed by atoms with Crippen LogP contribution in [-0.4, -0.2) is 20.6 Å². The molecule has 4 nitrogen and oxygen atoms in total. The van der Waals surface area contributed by atoms with Gasteiger partial charge in [0, 0.05) is 17.1 Å². The second-order valence-electron chi connectivity index (χ2n) is 4.85. The van der Waals surface area contributed by atoms with E-state index in [1.807, 2.05) is 48.8 Å². The van der Waals surface area contributed by atoms with E-state index >= 15 is 0 Å². The third-order valence-corrected chi connectivity index (χ3v) is 4.10. The number of rotatable bonds is 4.